The summed E-state index contributed by atoms with van der Waals surface area (Å²) in [5.74, 6) is 0.330. The Hall–Kier alpha value is -2.56. The highest BCUT2D eigenvalue weighted by Gasteiger charge is 2.18. The first-order valence-corrected chi connectivity index (χ1v) is 8.92. The van der Waals surface area contributed by atoms with Crippen LogP contribution >= 0.6 is 0 Å². The van der Waals surface area contributed by atoms with E-state index in [0.717, 1.165) is 31.9 Å². The van der Waals surface area contributed by atoms with Crippen LogP contribution in [0.3, 0.4) is 0 Å². The van der Waals surface area contributed by atoms with Crippen LogP contribution in [0.1, 0.15) is 24.3 Å². The third kappa shape index (κ3) is 4.50. The lowest BCUT2D eigenvalue weighted by Crippen LogP contribution is -2.46. The molecule has 1 N–H and O–H groups in total. The molecular weight excluding hydrogens is 312 g/mol. The van der Waals surface area contributed by atoms with Crippen molar-refractivity contribution in [1.82, 2.24) is 10.3 Å². The summed E-state index contributed by atoms with van der Waals surface area (Å²) in [5, 5.41) is 2.93. The fourth-order valence-corrected chi connectivity index (χ4v) is 2.99. The van der Waals surface area contributed by atoms with Crippen molar-refractivity contribution in [2.24, 2.45) is 5.92 Å². The molecule has 0 atom stereocenters. The number of carbonyl (C=O) groups is 1. The summed E-state index contributed by atoms with van der Waals surface area (Å²) in [7, 11) is 0. The Kier molecular flexibility index (Phi) is 5.53. The third-order valence-corrected chi connectivity index (χ3v) is 4.41. The van der Waals surface area contributed by atoms with Gasteiger partial charge in [-0.2, -0.15) is 0 Å². The molecule has 5 nitrogen and oxygen atoms in total. The lowest BCUT2D eigenvalue weighted by Gasteiger charge is -2.37. The Labute approximate surface area is 149 Å². The van der Waals surface area contributed by atoms with Crippen molar-refractivity contribution < 1.29 is 4.79 Å². The largest absolute Gasteiger partial charge is 0.368 e. The topological polar surface area (TPSA) is 48.5 Å². The van der Waals surface area contributed by atoms with Crippen LogP contribution < -0.4 is 15.1 Å². The summed E-state index contributed by atoms with van der Waals surface area (Å²) >= 11 is 0. The Balaban J connectivity index is 1.62. The number of anilines is 2. The van der Waals surface area contributed by atoms with Gasteiger partial charge in [0.15, 0.2) is 0 Å². The van der Waals surface area contributed by atoms with E-state index in [1.165, 1.54) is 5.69 Å². The van der Waals surface area contributed by atoms with Crippen LogP contribution in [0.15, 0.2) is 48.7 Å². The highest BCUT2D eigenvalue weighted by atomic mass is 16.1. The Morgan fingerprint density at radius 3 is 2.32 bits per heavy atom. The molecule has 0 unspecified atom stereocenters. The number of rotatable bonds is 5. The number of pyridine rings is 1. The molecule has 0 radical (unpaired) electrons. The van der Waals surface area contributed by atoms with Gasteiger partial charge in [-0.05, 0) is 30.2 Å². The second kappa shape index (κ2) is 8.01. The summed E-state index contributed by atoms with van der Waals surface area (Å²) in [4.78, 5) is 21.2. The van der Waals surface area contributed by atoms with Crippen LogP contribution in [0.4, 0.5) is 11.4 Å². The Morgan fingerprint density at radius 1 is 1.04 bits per heavy atom. The SMILES string of the molecule is CC(C)CNC(=O)c1cc(N2CCN(c3ccccc3)CC2)ccn1. The minimum Gasteiger partial charge on any atom is -0.368 e. The molecule has 25 heavy (non-hydrogen) atoms. The van der Waals surface area contributed by atoms with E-state index in [2.05, 4.69) is 58.2 Å². The quantitative estimate of drug-likeness (QED) is 0.911. The highest BCUT2D eigenvalue weighted by molar-refractivity contribution is 5.93. The summed E-state index contributed by atoms with van der Waals surface area (Å²) in [6, 6.07) is 14.4. The van der Waals surface area contributed by atoms with Crippen LogP contribution in [0, 0.1) is 5.92 Å². The van der Waals surface area contributed by atoms with Crippen molar-refractivity contribution in [3.05, 3.63) is 54.4 Å². The molecule has 1 aromatic heterocycles. The van der Waals surface area contributed by atoms with E-state index in [9.17, 15) is 4.79 Å². The molecule has 1 fully saturated rings. The normalized spacial score (nSPS) is 14.7. The van der Waals surface area contributed by atoms with Crippen molar-refractivity contribution in [3.8, 4) is 0 Å². The second-order valence-electron chi connectivity index (χ2n) is 6.81. The van der Waals surface area contributed by atoms with E-state index in [1.807, 2.05) is 18.2 Å². The zero-order valence-electron chi connectivity index (χ0n) is 15.0. The molecule has 3 rings (SSSR count). The van der Waals surface area contributed by atoms with E-state index < -0.39 is 0 Å². The minimum absolute atomic E-state index is 0.0986. The van der Waals surface area contributed by atoms with Gasteiger partial charge in [0.05, 0.1) is 0 Å². The summed E-state index contributed by atoms with van der Waals surface area (Å²) in [6.45, 7) is 8.65. The predicted molar refractivity (Wildman–Crippen MR) is 102 cm³/mol. The van der Waals surface area contributed by atoms with Gasteiger partial charge in [0.2, 0.25) is 0 Å². The number of benzene rings is 1. The number of hydrogen-bond acceptors (Lipinski definition) is 4. The molecule has 0 saturated carbocycles. The number of nitrogens with zero attached hydrogens (tertiary/aromatic N) is 3. The zero-order chi connectivity index (χ0) is 17.6. The van der Waals surface area contributed by atoms with E-state index in [-0.39, 0.29) is 5.91 Å². The highest BCUT2D eigenvalue weighted by Crippen LogP contribution is 2.20. The van der Waals surface area contributed by atoms with Crippen molar-refractivity contribution in [2.75, 3.05) is 42.5 Å². The van der Waals surface area contributed by atoms with Gasteiger partial charge < -0.3 is 15.1 Å². The number of carbonyl (C=O) groups excluding carboxylic acids is 1. The molecule has 2 heterocycles. The smallest absolute Gasteiger partial charge is 0.269 e. The van der Waals surface area contributed by atoms with Crippen molar-refractivity contribution in [2.45, 2.75) is 13.8 Å². The average Bonchev–Trinajstić information content (AvgIpc) is 2.67. The molecule has 1 amide bonds. The number of piperazine rings is 1. The van der Waals surface area contributed by atoms with Crippen LogP contribution in [0.2, 0.25) is 0 Å². The summed E-state index contributed by atoms with van der Waals surface area (Å²) in [6.07, 6.45) is 1.73. The Bertz CT molecular complexity index is 694. The predicted octanol–water partition coefficient (Wildman–Crippen LogP) is 2.79. The van der Waals surface area contributed by atoms with Gasteiger partial charge in [-0.15, -0.1) is 0 Å². The van der Waals surface area contributed by atoms with Crippen molar-refractivity contribution >= 4 is 17.3 Å². The lowest BCUT2D eigenvalue weighted by molar-refractivity contribution is 0.0944. The number of hydrogen-bond donors (Lipinski definition) is 1. The molecule has 132 valence electrons. The number of amides is 1. The van der Waals surface area contributed by atoms with Gasteiger partial charge >= 0.3 is 0 Å². The van der Waals surface area contributed by atoms with Crippen molar-refractivity contribution in [1.29, 1.82) is 0 Å². The maximum absolute atomic E-state index is 12.2. The van der Waals surface area contributed by atoms with Gasteiger partial charge in [-0.1, -0.05) is 32.0 Å². The van der Waals surface area contributed by atoms with E-state index >= 15 is 0 Å². The summed E-state index contributed by atoms with van der Waals surface area (Å²) < 4.78 is 0. The van der Waals surface area contributed by atoms with Gasteiger partial charge in [-0.25, -0.2) is 0 Å². The first kappa shape index (κ1) is 17.3. The van der Waals surface area contributed by atoms with Gasteiger partial charge in [0, 0.05) is 50.3 Å². The molecule has 0 bridgehead atoms. The molecule has 5 heteroatoms. The standard InChI is InChI=1S/C20H26N4O/c1-16(2)15-22-20(25)19-14-18(8-9-21-19)24-12-10-23(11-13-24)17-6-4-3-5-7-17/h3-9,14,16H,10-13,15H2,1-2H3,(H,22,25). The maximum atomic E-state index is 12.2. The first-order valence-electron chi connectivity index (χ1n) is 8.92. The molecule has 1 aliphatic rings. The van der Waals surface area contributed by atoms with Crippen LogP contribution in [-0.2, 0) is 0 Å². The molecular formula is C20H26N4O. The first-order chi connectivity index (χ1) is 12.1. The van der Waals surface area contributed by atoms with Gasteiger partial charge in [0.1, 0.15) is 5.69 Å². The second-order valence-corrected chi connectivity index (χ2v) is 6.81. The molecule has 0 aliphatic carbocycles. The summed E-state index contributed by atoms with van der Waals surface area (Å²) in [5.41, 5.74) is 2.83. The fraction of sp³-hybridized carbons (Fsp3) is 0.400. The number of aromatic nitrogens is 1. The molecule has 1 aromatic carbocycles. The van der Waals surface area contributed by atoms with Crippen molar-refractivity contribution in [3.63, 3.8) is 0 Å². The van der Waals surface area contributed by atoms with Crippen LogP contribution in [-0.4, -0.2) is 43.6 Å². The molecule has 2 aromatic rings. The van der Waals surface area contributed by atoms with Gasteiger partial charge in [0.25, 0.3) is 5.91 Å². The van der Waals surface area contributed by atoms with Gasteiger partial charge in [-0.3, -0.25) is 9.78 Å². The van der Waals surface area contributed by atoms with Crippen LogP contribution in [0.25, 0.3) is 0 Å². The average molecular weight is 338 g/mol. The fourth-order valence-electron chi connectivity index (χ4n) is 2.99. The van der Waals surface area contributed by atoms with Crippen LogP contribution in [0.5, 0.6) is 0 Å². The molecule has 0 spiro atoms. The zero-order valence-corrected chi connectivity index (χ0v) is 15.0. The Morgan fingerprint density at radius 2 is 1.68 bits per heavy atom. The van der Waals surface area contributed by atoms with E-state index in [0.29, 0.717) is 18.2 Å². The monoisotopic (exact) mass is 338 g/mol. The number of para-hydroxylation sites is 1. The van der Waals surface area contributed by atoms with E-state index in [1.54, 1.807) is 6.20 Å². The molecule has 1 saturated heterocycles. The third-order valence-electron chi connectivity index (χ3n) is 4.41. The minimum atomic E-state index is -0.0986. The van der Waals surface area contributed by atoms with E-state index in [4.69, 9.17) is 0 Å². The lowest BCUT2D eigenvalue weighted by atomic mass is 10.2. The maximum Gasteiger partial charge on any atom is 0.269 e. The molecule has 1 aliphatic heterocycles. The number of nitrogens with one attached hydrogen (secondary N) is 1.